The van der Waals surface area contributed by atoms with Crippen LogP contribution in [0.15, 0.2) is 93.8 Å². The zero-order valence-corrected chi connectivity index (χ0v) is 16.8. The van der Waals surface area contributed by atoms with Gasteiger partial charge in [-0.25, -0.2) is 0 Å². The van der Waals surface area contributed by atoms with E-state index in [-0.39, 0.29) is 11.5 Å². The summed E-state index contributed by atoms with van der Waals surface area (Å²) in [7, 11) is 0. The predicted octanol–water partition coefficient (Wildman–Crippen LogP) is 7.39. The Hall–Kier alpha value is -3.37. The largest absolute Gasteiger partial charge is 0.455 e. The van der Waals surface area contributed by atoms with Crippen LogP contribution in [-0.4, -0.2) is 5.78 Å². The molecule has 0 aliphatic rings. The normalized spacial score (nSPS) is 11.2. The Morgan fingerprint density at radius 2 is 1.55 bits per heavy atom. The second kappa shape index (κ2) is 6.90. The molecule has 1 heterocycles. The first-order chi connectivity index (χ1) is 14.1. The van der Waals surface area contributed by atoms with Gasteiger partial charge in [0.2, 0.25) is 0 Å². The van der Waals surface area contributed by atoms with Gasteiger partial charge in [-0.2, -0.15) is 0 Å². The summed E-state index contributed by atoms with van der Waals surface area (Å²) in [5.74, 6) is 0.389. The summed E-state index contributed by atoms with van der Waals surface area (Å²) < 4.78 is 6.67. The Bertz CT molecular complexity index is 1380. The van der Waals surface area contributed by atoms with E-state index < -0.39 is 0 Å². The lowest BCUT2D eigenvalue weighted by atomic mass is 9.96. The lowest BCUT2D eigenvalue weighted by molar-refractivity contribution is 0.104. The fourth-order valence-corrected chi connectivity index (χ4v) is 4.11. The van der Waals surface area contributed by atoms with Crippen LogP contribution in [0.2, 0.25) is 0 Å². The first-order valence-electron chi connectivity index (χ1n) is 9.14. The van der Waals surface area contributed by atoms with E-state index in [1.165, 1.54) is 6.07 Å². The molecular formula is C25H14BrO3. The quantitative estimate of drug-likeness (QED) is 0.274. The maximum Gasteiger partial charge on any atom is 0.197 e. The number of benzene rings is 4. The van der Waals surface area contributed by atoms with Crippen LogP contribution in [0.5, 0.6) is 5.75 Å². The van der Waals surface area contributed by atoms with Crippen LogP contribution >= 0.6 is 15.9 Å². The zero-order chi connectivity index (χ0) is 20.0. The number of halogens is 1. The number of fused-ring (bicyclic) bond motifs is 2. The topological polar surface area (TPSA) is 50.1 Å². The summed E-state index contributed by atoms with van der Waals surface area (Å²) in [5.41, 5.74) is 2.61. The molecule has 3 nitrogen and oxygen atoms in total. The first kappa shape index (κ1) is 17.7. The smallest absolute Gasteiger partial charge is 0.197 e. The van der Waals surface area contributed by atoms with E-state index in [9.17, 15) is 9.90 Å². The molecule has 0 N–H and O–H groups in total. The van der Waals surface area contributed by atoms with E-state index in [1.54, 1.807) is 18.2 Å². The maximum atomic E-state index is 13.4. The van der Waals surface area contributed by atoms with Gasteiger partial charge in [0.25, 0.3) is 0 Å². The first-order valence-corrected chi connectivity index (χ1v) is 9.94. The monoisotopic (exact) mass is 441 g/mol. The Balaban J connectivity index is 1.76. The highest BCUT2D eigenvalue weighted by Crippen LogP contribution is 2.39. The molecule has 0 bridgehead atoms. The van der Waals surface area contributed by atoms with Crippen LogP contribution in [0.3, 0.4) is 0 Å². The van der Waals surface area contributed by atoms with Crippen molar-refractivity contribution in [3.8, 4) is 17.1 Å². The third-order valence-corrected chi connectivity index (χ3v) is 5.86. The summed E-state index contributed by atoms with van der Waals surface area (Å²) in [5, 5.41) is 14.4. The van der Waals surface area contributed by atoms with Crippen molar-refractivity contribution in [1.29, 1.82) is 0 Å². The Kier molecular flexibility index (Phi) is 4.22. The van der Waals surface area contributed by atoms with Crippen molar-refractivity contribution < 1.29 is 14.3 Å². The maximum absolute atomic E-state index is 13.4. The SMILES string of the molecule is [O]c1ccc2cc(-c3oc4ccccc4c3C(=O)c3ccccc3)ccc2c1Br. The van der Waals surface area contributed by atoms with Gasteiger partial charge >= 0.3 is 0 Å². The Labute approximate surface area is 175 Å². The van der Waals surface area contributed by atoms with Crippen LogP contribution in [-0.2, 0) is 5.11 Å². The molecule has 0 fully saturated rings. The second-order valence-corrected chi connectivity index (χ2v) is 7.60. The fourth-order valence-electron chi connectivity index (χ4n) is 3.62. The van der Waals surface area contributed by atoms with Gasteiger partial charge in [0.1, 0.15) is 11.3 Å². The van der Waals surface area contributed by atoms with Crippen molar-refractivity contribution in [3.05, 3.63) is 101 Å². The average Bonchev–Trinajstić information content (AvgIpc) is 3.16. The predicted molar refractivity (Wildman–Crippen MR) is 117 cm³/mol. The van der Waals surface area contributed by atoms with Crippen LogP contribution < -0.4 is 0 Å². The number of carbonyl (C=O) groups is 1. The molecule has 0 atom stereocenters. The van der Waals surface area contributed by atoms with E-state index in [1.807, 2.05) is 60.7 Å². The molecule has 1 radical (unpaired) electrons. The molecule has 0 amide bonds. The minimum atomic E-state index is -0.0817. The van der Waals surface area contributed by atoms with Gasteiger partial charge in [0.15, 0.2) is 11.5 Å². The highest BCUT2D eigenvalue weighted by Gasteiger charge is 2.23. The molecule has 29 heavy (non-hydrogen) atoms. The van der Waals surface area contributed by atoms with Gasteiger partial charge in [-0.05, 0) is 44.9 Å². The van der Waals surface area contributed by atoms with E-state index in [0.29, 0.717) is 26.9 Å². The Morgan fingerprint density at radius 1 is 0.793 bits per heavy atom. The summed E-state index contributed by atoms with van der Waals surface area (Å²) in [6, 6.07) is 25.8. The van der Waals surface area contributed by atoms with Crippen LogP contribution in [0.25, 0.3) is 33.1 Å². The van der Waals surface area contributed by atoms with Crippen molar-refractivity contribution in [3.63, 3.8) is 0 Å². The van der Waals surface area contributed by atoms with Crippen LogP contribution in [0, 0.1) is 0 Å². The van der Waals surface area contributed by atoms with E-state index in [0.717, 1.165) is 21.7 Å². The molecule has 0 spiro atoms. The van der Waals surface area contributed by atoms with Gasteiger partial charge in [0.05, 0.1) is 10.0 Å². The van der Waals surface area contributed by atoms with Gasteiger partial charge in [0, 0.05) is 16.5 Å². The summed E-state index contributed by atoms with van der Waals surface area (Å²) in [4.78, 5) is 13.4. The number of furan rings is 1. The van der Waals surface area contributed by atoms with E-state index >= 15 is 0 Å². The van der Waals surface area contributed by atoms with E-state index in [2.05, 4.69) is 15.9 Å². The number of hydrogen-bond donors (Lipinski definition) is 0. The number of hydrogen-bond acceptors (Lipinski definition) is 2. The molecule has 0 aliphatic carbocycles. The Morgan fingerprint density at radius 3 is 2.38 bits per heavy atom. The van der Waals surface area contributed by atoms with Crippen molar-refractivity contribution in [2.45, 2.75) is 0 Å². The van der Waals surface area contributed by atoms with Gasteiger partial charge in [-0.15, -0.1) is 0 Å². The summed E-state index contributed by atoms with van der Waals surface area (Å²) in [6.45, 7) is 0. The number of para-hydroxylation sites is 1. The minimum Gasteiger partial charge on any atom is -0.455 e. The van der Waals surface area contributed by atoms with Gasteiger partial charge in [-0.3, -0.25) is 9.90 Å². The van der Waals surface area contributed by atoms with Crippen LogP contribution in [0.1, 0.15) is 15.9 Å². The third-order valence-electron chi connectivity index (χ3n) is 5.04. The molecule has 4 aromatic carbocycles. The van der Waals surface area contributed by atoms with Crippen molar-refractivity contribution in [1.82, 2.24) is 0 Å². The molecule has 0 aliphatic heterocycles. The molecule has 5 rings (SSSR count). The van der Waals surface area contributed by atoms with Crippen LogP contribution in [0.4, 0.5) is 0 Å². The molecule has 0 unspecified atom stereocenters. The molecule has 1 aromatic heterocycles. The summed E-state index contributed by atoms with van der Waals surface area (Å²) in [6.07, 6.45) is 0. The molecule has 139 valence electrons. The van der Waals surface area contributed by atoms with E-state index in [4.69, 9.17) is 4.42 Å². The lowest BCUT2D eigenvalue weighted by Crippen LogP contribution is -2.01. The lowest BCUT2D eigenvalue weighted by Gasteiger charge is -2.06. The van der Waals surface area contributed by atoms with Gasteiger partial charge < -0.3 is 4.42 Å². The summed E-state index contributed by atoms with van der Waals surface area (Å²) >= 11 is 3.37. The van der Waals surface area contributed by atoms with Gasteiger partial charge in [-0.1, -0.05) is 66.7 Å². The number of carbonyl (C=O) groups excluding carboxylic acids is 1. The second-order valence-electron chi connectivity index (χ2n) is 6.81. The molecule has 5 aromatic rings. The number of rotatable bonds is 3. The molecular weight excluding hydrogens is 428 g/mol. The molecule has 4 heteroatoms. The molecule has 0 saturated heterocycles. The zero-order valence-electron chi connectivity index (χ0n) is 15.2. The third kappa shape index (κ3) is 2.93. The highest BCUT2D eigenvalue weighted by molar-refractivity contribution is 9.10. The fraction of sp³-hybridized carbons (Fsp3) is 0. The highest BCUT2D eigenvalue weighted by atomic mass is 79.9. The standard InChI is InChI=1S/C25H14BrO3/c26-23-18-12-10-17(14-16(18)11-13-20(23)27)25-22(19-8-4-5-9-21(19)29-25)24(28)15-6-2-1-3-7-15/h1-14H. The number of ketones is 1. The average molecular weight is 442 g/mol. The molecule has 0 saturated carbocycles. The van der Waals surface area contributed by atoms with Crippen molar-refractivity contribution >= 4 is 43.5 Å². The van der Waals surface area contributed by atoms with Crippen molar-refractivity contribution in [2.75, 3.05) is 0 Å². The van der Waals surface area contributed by atoms with Crippen molar-refractivity contribution in [2.24, 2.45) is 0 Å². The minimum absolute atomic E-state index is 0.0612.